The molecule has 0 aliphatic carbocycles. The minimum absolute atomic E-state index is 0.0200. The number of carbonyl (C=O) groups is 1. The molecule has 6 nitrogen and oxygen atoms in total. The molecular weight excluding hydrogens is 294 g/mol. The summed E-state index contributed by atoms with van der Waals surface area (Å²) in [7, 11) is -3.40. The van der Waals surface area contributed by atoms with Crippen molar-refractivity contribution in [1.82, 2.24) is 4.90 Å². The van der Waals surface area contributed by atoms with Gasteiger partial charge < -0.3 is 9.84 Å². The number of rotatable bonds is 5. The minimum atomic E-state index is -3.40. The third-order valence-electron chi connectivity index (χ3n) is 3.46. The van der Waals surface area contributed by atoms with Gasteiger partial charge in [-0.3, -0.25) is 4.90 Å². The molecule has 1 unspecified atom stereocenters. The molecule has 2 rings (SSSR count). The Labute approximate surface area is 124 Å². The predicted octanol–water partition coefficient (Wildman–Crippen LogP) is 0.879. The summed E-state index contributed by atoms with van der Waals surface area (Å²) >= 11 is 0. The maximum absolute atomic E-state index is 12.2. The average molecular weight is 313 g/mol. The maximum atomic E-state index is 12.2. The van der Waals surface area contributed by atoms with E-state index in [0.29, 0.717) is 13.2 Å². The van der Waals surface area contributed by atoms with E-state index in [4.69, 9.17) is 9.84 Å². The lowest BCUT2D eigenvalue weighted by Gasteiger charge is -2.30. The molecule has 0 spiro atoms. The van der Waals surface area contributed by atoms with Gasteiger partial charge in [0.1, 0.15) is 0 Å². The fourth-order valence-corrected chi connectivity index (χ4v) is 3.55. The van der Waals surface area contributed by atoms with Gasteiger partial charge in [-0.25, -0.2) is 13.2 Å². The van der Waals surface area contributed by atoms with Gasteiger partial charge >= 0.3 is 5.97 Å². The van der Waals surface area contributed by atoms with Gasteiger partial charge in [-0.2, -0.15) is 0 Å². The van der Waals surface area contributed by atoms with Gasteiger partial charge in [-0.1, -0.05) is 0 Å². The molecule has 1 aromatic carbocycles. The van der Waals surface area contributed by atoms with Gasteiger partial charge in [0, 0.05) is 19.6 Å². The Balaban J connectivity index is 1.99. The van der Waals surface area contributed by atoms with E-state index in [1.807, 2.05) is 6.92 Å². The van der Waals surface area contributed by atoms with Crippen molar-refractivity contribution in [1.29, 1.82) is 0 Å². The summed E-state index contributed by atoms with van der Waals surface area (Å²) in [6.45, 7) is 4.50. The summed E-state index contributed by atoms with van der Waals surface area (Å²) in [6, 6.07) is 5.32. The first-order valence-electron chi connectivity index (χ1n) is 6.78. The number of benzene rings is 1. The highest BCUT2D eigenvalue weighted by Crippen LogP contribution is 2.14. The largest absolute Gasteiger partial charge is 0.478 e. The molecular formula is C14H19NO5S. The van der Waals surface area contributed by atoms with Crippen molar-refractivity contribution < 1.29 is 23.1 Å². The highest BCUT2D eigenvalue weighted by atomic mass is 32.2. The Morgan fingerprint density at radius 2 is 2.05 bits per heavy atom. The summed E-state index contributed by atoms with van der Waals surface area (Å²) < 4.78 is 29.9. The molecule has 21 heavy (non-hydrogen) atoms. The van der Waals surface area contributed by atoms with Crippen LogP contribution >= 0.6 is 0 Å². The van der Waals surface area contributed by atoms with Gasteiger partial charge in [0.05, 0.1) is 28.9 Å². The number of nitrogens with zero attached hydrogens (tertiary/aromatic N) is 1. The standard InChI is InChI=1S/C14H19NO5S/c1-11-10-15(6-8-20-11)7-9-21(18,19)13-4-2-12(3-5-13)14(16)17/h2-5,11H,6-10H2,1H3,(H,16,17). The summed E-state index contributed by atoms with van der Waals surface area (Å²) in [5.41, 5.74) is 0.0796. The van der Waals surface area contributed by atoms with Crippen molar-refractivity contribution in [2.24, 2.45) is 0 Å². The minimum Gasteiger partial charge on any atom is -0.478 e. The predicted molar refractivity (Wildman–Crippen MR) is 77.3 cm³/mol. The highest BCUT2D eigenvalue weighted by molar-refractivity contribution is 7.91. The van der Waals surface area contributed by atoms with Crippen LogP contribution in [0.3, 0.4) is 0 Å². The van der Waals surface area contributed by atoms with Crippen LogP contribution in [0.25, 0.3) is 0 Å². The van der Waals surface area contributed by atoms with Crippen LogP contribution in [0.5, 0.6) is 0 Å². The van der Waals surface area contributed by atoms with E-state index < -0.39 is 15.8 Å². The zero-order valence-electron chi connectivity index (χ0n) is 11.9. The van der Waals surface area contributed by atoms with Crippen LogP contribution in [0.1, 0.15) is 17.3 Å². The van der Waals surface area contributed by atoms with Crippen LogP contribution in [0, 0.1) is 0 Å². The summed E-state index contributed by atoms with van der Waals surface area (Å²) in [6.07, 6.45) is 0.122. The second-order valence-corrected chi connectivity index (χ2v) is 7.24. The Bertz CT molecular complexity index is 596. The first-order chi connectivity index (χ1) is 9.88. The second kappa shape index (κ2) is 6.55. The Kier molecular flexibility index (Phi) is 4.97. The fraction of sp³-hybridized carbons (Fsp3) is 0.500. The molecule has 0 radical (unpaired) electrons. The second-order valence-electron chi connectivity index (χ2n) is 5.13. The van der Waals surface area contributed by atoms with Gasteiger partial charge in [-0.15, -0.1) is 0 Å². The smallest absolute Gasteiger partial charge is 0.335 e. The molecule has 0 aromatic heterocycles. The van der Waals surface area contributed by atoms with Crippen molar-refractivity contribution in [3.8, 4) is 0 Å². The van der Waals surface area contributed by atoms with E-state index >= 15 is 0 Å². The zero-order valence-corrected chi connectivity index (χ0v) is 12.7. The first kappa shape index (κ1) is 15.9. The fourth-order valence-electron chi connectivity index (χ4n) is 2.27. The molecule has 1 saturated heterocycles. The van der Waals surface area contributed by atoms with Gasteiger partial charge in [-0.05, 0) is 31.2 Å². The topological polar surface area (TPSA) is 83.9 Å². The zero-order chi connectivity index (χ0) is 15.5. The number of sulfone groups is 1. The molecule has 0 bridgehead atoms. The molecule has 1 fully saturated rings. The summed E-state index contributed by atoms with van der Waals surface area (Å²) in [5, 5.41) is 8.81. The molecule has 1 aromatic rings. The van der Waals surface area contributed by atoms with Crippen molar-refractivity contribution in [3.63, 3.8) is 0 Å². The number of morpholine rings is 1. The van der Waals surface area contributed by atoms with Crippen molar-refractivity contribution in [2.75, 3.05) is 32.0 Å². The first-order valence-corrected chi connectivity index (χ1v) is 8.44. The number of carboxylic acids is 1. The van der Waals surface area contributed by atoms with Crippen LogP contribution in [0.15, 0.2) is 29.2 Å². The van der Waals surface area contributed by atoms with E-state index in [0.717, 1.165) is 13.1 Å². The van der Waals surface area contributed by atoms with Gasteiger partial charge in [0.25, 0.3) is 0 Å². The maximum Gasteiger partial charge on any atom is 0.335 e. The SMILES string of the molecule is CC1CN(CCS(=O)(=O)c2ccc(C(=O)O)cc2)CCO1. The molecule has 116 valence electrons. The molecule has 1 heterocycles. The van der Waals surface area contributed by atoms with Crippen LogP contribution in [-0.4, -0.2) is 62.5 Å². The molecule has 1 atom stereocenters. The Morgan fingerprint density at radius 1 is 1.38 bits per heavy atom. The lowest BCUT2D eigenvalue weighted by Crippen LogP contribution is -2.43. The van der Waals surface area contributed by atoms with Crippen molar-refractivity contribution in [2.45, 2.75) is 17.9 Å². The Morgan fingerprint density at radius 3 is 2.62 bits per heavy atom. The Hall–Kier alpha value is -1.44. The highest BCUT2D eigenvalue weighted by Gasteiger charge is 2.20. The van der Waals surface area contributed by atoms with Crippen LogP contribution < -0.4 is 0 Å². The normalized spacial score (nSPS) is 20.3. The van der Waals surface area contributed by atoms with Crippen LogP contribution in [0.4, 0.5) is 0 Å². The van der Waals surface area contributed by atoms with Crippen LogP contribution in [0.2, 0.25) is 0 Å². The molecule has 1 N–H and O–H groups in total. The lowest BCUT2D eigenvalue weighted by molar-refractivity contribution is -0.0160. The molecule has 0 saturated carbocycles. The number of aromatic carboxylic acids is 1. The molecule has 7 heteroatoms. The van der Waals surface area contributed by atoms with E-state index in [9.17, 15) is 13.2 Å². The molecule has 1 aliphatic rings. The monoisotopic (exact) mass is 313 g/mol. The molecule has 1 aliphatic heterocycles. The van der Waals surface area contributed by atoms with E-state index in [-0.39, 0.29) is 22.3 Å². The van der Waals surface area contributed by atoms with Gasteiger partial charge in [0.15, 0.2) is 9.84 Å². The van der Waals surface area contributed by atoms with Crippen molar-refractivity contribution >= 4 is 15.8 Å². The molecule has 0 amide bonds. The third kappa shape index (κ3) is 4.26. The lowest BCUT2D eigenvalue weighted by atomic mass is 10.2. The quantitative estimate of drug-likeness (QED) is 0.869. The van der Waals surface area contributed by atoms with Gasteiger partial charge in [0.2, 0.25) is 0 Å². The number of hydrogen-bond acceptors (Lipinski definition) is 5. The average Bonchev–Trinajstić information content (AvgIpc) is 2.45. The van der Waals surface area contributed by atoms with Crippen molar-refractivity contribution in [3.05, 3.63) is 29.8 Å². The number of carboxylic acid groups (broad SMARTS) is 1. The number of hydrogen-bond donors (Lipinski definition) is 1. The third-order valence-corrected chi connectivity index (χ3v) is 5.17. The van der Waals surface area contributed by atoms with E-state index in [2.05, 4.69) is 4.90 Å². The van der Waals surface area contributed by atoms with E-state index in [1.165, 1.54) is 24.3 Å². The number of ether oxygens (including phenoxy) is 1. The summed E-state index contributed by atoms with van der Waals surface area (Å²) in [5.74, 6) is -1.05. The summed E-state index contributed by atoms with van der Waals surface area (Å²) in [4.78, 5) is 13.0. The van der Waals surface area contributed by atoms with E-state index in [1.54, 1.807) is 0 Å². The van der Waals surface area contributed by atoms with Crippen LogP contribution in [-0.2, 0) is 14.6 Å².